The molecule has 0 saturated carbocycles. The molecule has 0 amide bonds. The topological polar surface area (TPSA) is 209 Å². The average Bonchev–Trinajstić information content (AvgIpc) is 3.12. The Hall–Kier alpha value is -2.33. The first-order chi connectivity index (χ1) is 16.1. The van der Waals surface area contributed by atoms with Crippen molar-refractivity contribution in [3.63, 3.8) is 0 Å². The number of hydrogen-bond acceptors (Lipinski definition) is 13. The highest BCUT2D eigenvalue weighted by atomic mass is 16.8. The minimum absolute atomic E-state index is 0.0208. The van der Waals surface area contributed by atoms with E-state index in [9.17, 15) is 40.5 Å². The largest absolute Gasteiger partial charge is 0.507 e. The van der Waals surface area contributed by atoms with Crippen molar-refractivity contribution in [2.45, 2.75) is 55.6 Å². The first kappa shape index (κ1) is 24.8. The van der Waals surface area contributed by atoms with E-state index in [1.165, 1.54) is 19.3 Å². The van der Waals surface area contributed by atoms with Crippen molar-refractivity contribution in [2.24, 2.45) is 0 Å². The number of ether oxygens (including phenoxy) is 4. The average molecular weight is 486 g/mol. The van der Waals surface area contributed by atoms with Gasteiger partial charge in [0.2, 0.25) is 6.29 Å². The van der Waals surface area contributed by atoms with Crippen LogP contribution in [0.25, 0.3) is 11.0 Å². The van der Waals surface area contributed by atoms with E-state index < -0.39 is 79.7 Å². The Bertz CT molecular complexity index is 1080. The number of benzene rings is 1. The van der Waals surface area contributed by atoms with Gasteiger partial charge in [-0.25, -0.2) is 0 Å². The number of phenols is 1. The molecular formula is C21H26O13. The lowest BCUT2D eigenvalue weighted by molar-refractivity contribution is -0.329. The third-order valence-corrected chi connectivity index (χ3v) is 5.93. The highest BCUT2D eigenvalue weighted by molar-refractivity contribution is 5.85. The predicted octanol–water partition coefficient (Wildman–Crippen LogP) is -2.55. The Labute approximate surface area is 191 Å². The van der Waals surface area contributed by atoms with E-state index in [2.05, 4.69) is 0 Å². The number of aryl methyl sites for hydroxylation is 1. The molecule has 34 heavy (non-hydrogen) atoms. The van der Waals surface area contributed by atoms with Crippen LogP contribution in [0, 0.1) is 6.92 Å². The molecule has 3 heterocycles. The molecule has 2 saturated heterocycles. The summed E-state index contributed by atoms with van der Waals surface area (Å²) in [7, 11) is 0. The normalized spacial score (nSPS) is 36.1. The van der Waals surface area contributed by atoms with Crippen LogP contribution < -0.4 is 10.2 Å². The zero-order chi connectivity index (χ0) is 24.8. The number of phenolic OH excluding ortho intramolecular Hbond substituents is 1. The van der Waals surface area contributed by atoms with E-state index >= 15 is 0 Å². The van der Waals surface area contributed by atoms with Crippen molar-refractivity contribution in [1.29, 1.82) is 0 Å². The third-order valence-electron chi connectivity index (χ3n) is 5.93. The lowest BCUT2D eigenvalue weighted by Crippen LogP contribution is -2.62. The molecule has 0 spiro atoms. The van der Waals surface area contributed by atoms with Crippen molar-refractivity contribution in [3.8, 4) is 11.5 Å². The van der Waals surface area contributed by atoms with E-state index in [0.29, 0.717) is 0 Å². The third kappa shape index (κ3) is 4.26. The van der Waals surface area contributed by atoms with E-state index in [-0.39, 0.29) is 22.3 Å². The van der Waals surface area contributed by atoms with E-state index in [4.69, 9.17) is 23.4 Å². The molecule has 1 aromatic carbocycles. The second kappa shape index (κ2) is 9.37. The monoisotopic (exact) mass is 486 g/mol. The zero-order valence-electron chi connectivity index (χ0n) is 18.0. The Morgan fingerprint density at radius 3 is 2.53 bits per heavy atom. The fourth-order valence-electron chi connectivity index (χ4n) is 3.90. The molecule has 188 valence electrons. The summed E-state index contributed by atoms with van der Waals surface area (Å²) in [4.78, 5) is 12.3. The molecule has 2 aliphatic rings. The summed E-state index contributed by atoms with van der Waals surface area (Å²) in [5.41, 5.74) is -2.14. The van der Waals surface area contributed by atoms with Gasteiger partial charge >= 0.3 is 0 Å². The molecule has 0 unspecified atom stereocenters. The van der Waals surface area contributed by atoms with Crippen LogP contribution in [0.3, 0.4) is 0 Å². The van der Waals surface area contributed by atoms with Crippen molar-refractivity contribution in [2.75, 3.05) is 19.8 Å². The van der Waals surface area contributed by atoms with Crippen LogP contribution in [0.1, 0.15) is 5.56 Å². The van der Waals surface area contributed by atoms with Crippen LogP contribution in [0.15, 0.2) is 27.6 Å². The zero-order valence-corrected chi connectivity index (χ0v) is 18.0. The van der Waals surface area contributed by atoms with Crippen LogP contribution >= 0.6 is 0 Å². The van der Waals surface area contributed by atoms with E-state index in [1.807, 2.05) is 0 Å². The van der Waals surface area contributed by atoms with Gasteiger partial charge in [-0.1, -0.05) is 0 Å². The summed E-state index contributed by atoms with van der Waals surface area (Å²) in [6, 6.07) is 2.43. The number of aliphatic hydroxyl groups excluding tert-OH is 5. The predicted molar refractivity (Wildman–Crippen MR) is 110 cm³/mol. The smallest absolute Gasteiger partial charge is 0.229 e. The first-order valence-corrected chi connectivity index (χ1v) is 10.4. The Morgan fingerprint density at radius 1 is 1.12 bits per heavy atom. The van der Waals surface area contributed by atoms with Crippen molar-refractivity contribution >= 4 is 11.0 Å². The van der Waals surface area contributed by atoms with Gasteiger partial charge in [0.25, 0.3) is 0 Å². The van der Waals surface area contributed by atoms with Crippen LogP contribution in [0.5, 0.6) is 11.5 Å². The minimum atomic E-state index is -2.02. The number of aliphatic hydroxyl groups is 6. The summed E-state index contributed by atoms with van der Waals surface area (Å²) in [5.74, 6) is -0.460. The Kier molecular flexibility index (Phi) is 6.83. The summed E-state index contributed by atoms with van der Waals surface area (Å²) >= 11 is 0. The second-order valence-electron chi connectivity index (χ2n) is 8.38. The SMILES string of the molecule is Cc1coc2cc(O[C@@H]3OC[C@@](O)(CO)[C@@H]3O[C@H]3O[C@@H](CO)[C@H](O)[C@H](O)[C@@H]3O)cc(O)c2c1=O. The molecule has 13 heteroatoms. The van der Waals surface area contributed by atoms with Crippen LogP contribution in [-0.2, 0) is 14.2 Å². The van der Waals surface area contributed by atoms with Gasteiger partial charge in [-0.2, -0.15) is 0 Å². The van der Waals surface area contributed by atoms with Gasteiger partial charge in [0, 0.05) is 17.7 Å². The molecule has 7 N–H and O–H groups in total. The summed E-state index contributed by atoms with van der Waals surface area (Å²) in [6.07, 6.45) is -9.74. The lowest BCUT2D eigenvalue weighted by atomic mass is 9.98. The van der Waals surface area contributed by atoms with Gasteiger partial charge in [0.15, 0.2) is 17.8 Å². The maximum absolute atomic E-state index is 12.3. The van der Waals surface area contributed by atoms with Crippen molar-refractivity contribution in [3.05, 3.63) is 34.2 Å². The maximum atomic E-state index is 12.3. The summed E-state index contributed by atoms with van der Waals surface area (Å²) < 4.78 is 27.4. The molecular weight excluding hydrogens is 460 g/mol. The van der Waals surface area contributed by atoms with E-state index in [1.54, 1.807) is 0 Å². The van der Waals surface area contributed by atoms with Gasteiger partial charge in [-0.3, -0.25) is 4.79 Å². The fraction of sp³-hybridized carbons (Fsp3) is 0.571. The lowest BCUT2D eigenvalue weighted by Gasteiger charge is -2.42. The summed E-state index contributed by atoms with van der Waals surface area (Å²) in [6.45, 7) is -0.467. The molecule has 8 atom stereocenters. The Morgan fingerprint density at radius 2 is 1.85 bits per heavy atom. The molecule has 0 radical (unpaired) electrons. The maximum Gasteiger partial charge on any atom is 0.229 e. The van der Waals surface area contributed by atoms with E-state index in [0.717, 1.165) is 6.07 Å². The summed E-state index contributed by atoms with van der Waals surface area (Å²) in [5, 5.41) is 70.3. The quantitative estimate of drug-likeness (QED) is 0.225. The minimum Gasteiger partial charge on any atom is -0.507 e. The molecule has 2 aliphatic heterocycles. The van der Waals surface area contributed by atoms with Crippen LogP contribution in [0.4, 0.5) is 0 Å². The molecule has 0 bridgehead atoms. The standard InChI is InChI=1S/C21H26O13/c1-8-5-30-11-3-9(2-10(24)13(11)14(8)25)32-20-18(21(29,6-23)7-31-20)34-19-17(28)16(27)15(26)12(4-22)33-19/h2-3,5,12,15-20,22-24,26-29H,4,6-7H2,1H3/t12-,15-,16-,17-,18+,19+,20-,21-/m0/s1. The van der Waals surface area contributed by atoms with Crippen LogP contribution in [-0.4, -0.2) is 104 Å². The highest BCUT2D eigenvalue weighted by Crippen LogP contribution is 2.35. The van der Waals surface area contributed by atoms with Crippen LogP contribution in [0.2, 0.25) is 0 Å². The first-order valence-electron chi connectivity index (χ1n) is 10.4. The molecule has 2 aromatic rings. The number of aromatic hydroxyl groups is 1. The molecule has 4 rings (SSSR count). The fourth-order valence-corrected chi connectivity index (χ4v) is 3.90. The Balaban J connectivity index is 1.60. The molecule has 1 aromatic heterocycles. The second-order valence-corrected chi connectivity index (χ2v) is 8.38. The molecule has 13 nitrogen and oxygen atoms in total. The van der Waals surface area contributed by atoms with Gasteiger partial charge in [-0.05, 0) is 6.92 Å². The molecule has 0 aliphatic carbocycles. The van der Waals surface area contributed by atoms with Gasteiger partial charge in [-0.15, -0.1) is 0 Å². The van der Waals surface area contributed by atoms with Gasteiger partial charge < -0.3 is 59.1 Å². The number of fused-ring (bicyclic) bond motifs is 1. The van der Waals surface area contributed by atoms with Gasteiger partial charge in [0.1, 0.15) is 52.5 Å². The highest BCUT2D eigenvalue weighted by Gasteiger charge is 2.55. The molecule has 2 fully saturated rings. The number of hydrogen-bond donors (Lipinski definition) is 7. The number of rotatable bonds is 6. The van der Waals surface area contributed by atoms with Crippen molar-refractivity contribution in [1.82, 2.24) is 0 Å². The van der Waals surface area contributed by atoms with Gasteiger partial charge in [0.05, 0.1) is 26.1 Å². The van der Waals surface area contributed by atoms with Crippen molar-refractivity contribution < 1.29 is 59.1 Å².